The molecule has 8 heteroatoms. The Morgan fingerprint density at radius 3 is 2.90 bits per heavy atom. The Kier molecular flexibility index (Phi) is 3.15. The SMILES string of the molecule is Cn1cc(S(=O)(=O)N2CCn3ccnc3C2)cc1CN. The van der Waals surface area contributed by atoms with Crippen molar-refractivity contribution in [1.82, 2.24) is 18.4 Å². The number of nitrogens with two attached hydrogens (primary N) is 1. The summed E-state index contributed by atoms with van der Waals surface area (Å²) in [5.41, 5.74) is 6.39. The van der Waals surface area contributed by atoms with Gasteiger partial charge in [-0.3, -0.25) is 0 Å². The van der Waals surface area contributed by atoms with Crippen molar-refractivity contribution in [2.24, 2.45) is 12.8 Å². The molecule has 3 rings (SSSR count). The van der Waals surface area contributed by atoms with Gasteiger partial charge in [-0.1, -0.05) is 0 Å². The van der Waals surface area contributed by atoms with E-state index in [9.17, 15) is 8.42 Å². The summed E-state index contributed by atoms with van der Waals surface area (Å²) < 4.78 is 30.5. The van der Waals surface area contributed by atoms with Crippen LogP contribution in [0.1, 0.15) is 11.5 Å². The van der Waals surface area contributed by atoms with Gasteiger partial charge in [0.05, 0.1) is 6.54 Å². The molecular formula is C12H17N5O2S. The molecule has 2 aromatic rings. The van der Waals surface area contributed by atoms with Gasteiger partial charge in [0.1, 0.15) is 10.7 Å². The highest BCUT2D eigenvalue weighted by Crippen LogP contribution is 2.22. The Morgan fingerprint density at radius 1 is 1.40 bits per heavy atom. The molecule has 0 aliphatic carbocycles. The van der Waals surface area contributed by atoms with Crippen LogP contribution in [0.3, 0.4) is 0 Å². The summed E-state index contributed by atoms with van der Waals surface area (Å²) in [4.78, 5) is 4.48. The third kappa shape index (κ3) is 2.05. The van der Waals surface area contributed by atoms with Crippen molar-refractivity contribution in [3.05, 3.63) is 36.2 Å². The number of hydrogen-bond acceptors (Lipinski definition) is 4. The third-order valence-electron chi connectivity index (χ3n) is 3.64. The summed E-state index contributed by atoms with van der Waals surface area (Å²) in [6.07, 6.45) is 5.17. The zero-order valence-corrected chi connectivity index (χ0v) is 12.0. The maximum Gasteiger partial charge on any atom is 0.245 e. The summed E-state index contributed by atoms with van der Waals surface area (Å²) in [6.45, 7) is 1.71. The van der Waals surface area contributed by atoms with Crippen LogP contribution in [0, 0.1) is 0 Å². The predicted octanol–water partition coefficient (Wildman–Crippen LogP) is -0.115. The highest BCUT2D eigenvalue weighted by Gasteiger charge is 2.29. The van der Waals surface area contributed by atoms with Crippen LogP contribution in [0.25, 0.3) is 0 Å². The monoisotopic (exact) mass is 295 g/mol. The number of sulfonamides is 1. The molecular weight excluding hydrogens is 278 g/mol. The van der Waals surface area contributed by atoms with Crippen LogP contribution < -0.4 is 5.73 Å². The fourth-order valence-electron chi connectivity index (χ4n) is 2.43. The van der Waals surface area contributed by atoms with Gasteiger partial charge in [0.25, 0.3) is 0 Å². The highest BCUT2D eigenvalue weighted by atomic mass is 32.2. The molecule has 0 unspecified atom stereocenters. The van der Waals surface area contributed by atoms with Crippen molar-refractivity contribution in [3.63, 3.8) is 0 Å². The minimum atomic E-state index is -3.49. The average Bonchev–Trinajstić information content (AvgIpc) is 3.03. The van der Waals surface area contributed by atoms with Gasteiger partial charge in [0.2, 0.25) is 10.0 Å². The van der Waals surface area contributed by atoms with Crippen molar-refractivity contribution in [1.29, 1.82) is 0 Å². The number of rotatable bonds is 3. The van der Waals surface area contributed by atoms with Gasteiger partial charge >= 0.3 is 0 Å². The molecule has 0 atom stereocenters. The van der Waals surface area contributed by atoms with E-state index in [1.807, 2.05) is 10.8 Å². The van der Waals surface area contributed by atoms with Gasteiger partial charge in [0.15, 0.2) is 0 Å². The normalized spacial score (nSPS) is 16.3. The molecule has 0 aromatic carbocycles. The topological polar surface area (TPSA) is 86.2 Å². The molecule has 0 saturated carbocycles. The van der Waals surface area contributed by atoms with E-state index in [-0.39, 0.29) is 0 Å². The second kappa shape index (κ2) is 4.72. The molecule has 3 heterocycles. The smallest absolute Gasteiger partial charge is 0.245 e. The fourth-order valence-corrected chi connectivity index (χ4v) is 3.91. The van der Waals surface area contributed by atoms with E-state index in [1.165, 1.54) is 4.31 Å². The molecule has 2 N–H and O–H groups in total. The van der Waals surface area contributed by atoms with Crippen LogP contribution in [-0.4, -0.2) is 33.4 Å². The molecule has 1 aliphatic rings. The zero-order chi connectivity index (χ0) is 14.3. The maximum absolute atomic E-state index is 12.6. The third-order valence-corrected chi connectivity index (χ3v) is 5.45. The summed E-state index contributed by atoms with van der Waals surface area (Å²) in [5.74, 6) is 0.773. The molecule has 2 aromatic heterocycles. The van der Waals surface area contributed by atoms with Crippen LogP contribution in [0.2, 0.25) is 0 Å². The molecule has 7 nitrogen and oxygen atoms in total. The summed E-state index contributed by atoms with van der Waals surface area (Å²) in [7, 11) is -1.70. The lowest BCUT2D eigenvalue weighted by Gasteiger charge is -2.26. The van der Waals surface area contributed by atoms with Crippen molar-refractivity contribution in [2.75, 3.05) is 6.54 Å². The first-order valence-corrected chi connectivity index (χ1v) is 7.82. The van der Waals surface area contributed by atoms with Crippen LogP contribution in [0.15, 0.2) is 29.6 Å². The number of nitrogens with zero attached hydrogens (tertiary/aromatic N) is 4. The molecule has 108 valence electrons. The van der Waals surface area contributed by atoms with E-state index in [4.69, 9.17) is 5.73 Å². The Balaban J connectivity index is 1.92. The van der Waals surface area contributed by atoms with Crippen LogP contribution in [-0.2, 0) is 36.7 Å². The number of aromatic nitrogens is 3. The predicted molar refractivity (Wildman–Crippen MR) is 73.1 cm³/mol. The second-order valence-corrected chi connectivity index (χ2v) is 6.80. The zero-order valence-electron chi connectivity index (χ0n) is 11.2. The molecule has 1 aliphatic heterocycles. The number of imidazole rings is 1. The molecule has 0 amide bonds. The van der Waals surface area contributed by atoms with E-state index in [0.29, 0.717) is 31.1 Å². The van der Waals surface area contributed by atoms with Crippen molar-refractivity contribution >= 4 is 10.0 Å². The first-order valence-electron chi connectivity index (χ1n) is 6.38. The molecule has 0 spiro atoms. The van der Waals surface area contributed by atoms with Gasteiger partial charge in [-0.2, -0.15) is 4.31 Å². The highest BCUT2D eigenvalue weighted by molar-refractivity contribution is 7.89. The largest absolute Gasteiger partial charge is 0.352 e. The van der Waals surface area contributed by atoms with Gasteiger partial charge < -0.3 is 14.9 Å². The second-order valence-electron chi connectivity index (χ2n) is 4.86. The van der Waals surface area contributed by atoms with Gasteiger partial charge in [0, 0.05) is 51.0 Å². The Labute approximate surface area is 117 Å². The van der Waals surface area contributed by atoms with Crippen molar-refractivity contribution < 1.29 is 8.42 Å². The van der Waals surface area contributed by atoms with E-state index in [0.717, 1.165) is 11.5 Å². The summed E-state index contributed by atoms with van der Waals surface area (Å²) in [5, 5.41) is 0. The number of hydrogen-bond donors (Lipinski definition) is 1. The van der Waals surface area contributed by atoms with Crippen LogP contribution >= 0.6 is 0 Å². The average molecular weight is 295 g/mol. The minimum Gasteiger partial charge on any atom is -0.352 e. The summed E-state index contributed by atoms with van der Waals surface area (Å²) in [6, 6.07) is 1.64. The summed E-state index contributed by atoms with van der Waals surface area (Å²) >= 11 is 0. The quantitative estimate of drug-likeness (QED) is 0.855. The lowest BCUT2D eigenvalue weighted by molar-refractivity contribution is 0.335. The fraction of sp³-hybridized carbons (Fsp3) is 0.417. The Bertz CT molecular complexity index is 731. The Hall–Kier alpha value is -1.64. The van der Waals surface area contributed by atoms with E-state index >= 15 is 0 Å². The number of aryl methyl sites for hydroxylation is 1. The van der Waals surface area contributed by atoms with Crippen molar-refractivity contribution in [2.45, 2.75) is 24.5 Å². The molecule has 20 heavy (non-hydrogen) atoms. The molecule has 0 fully saturated rings. The van der Waals surface area contributed by atoms with Gasteiger partial charge in [-0.15, -0.1) is 0 Å². The van der Waals surface area contributed by atoms with E-state index in [1.54, 1.807) is 30.1 Å². The minimum absolute atomic E-state index is 0.292. The van der Waals surface area contributed by atoms with E-state index in [2.05, 4.69) is 4.98 Å². The molecule has 0 saturated heterocycles. The molecule has 0 bridgehead atoms. The molecule has 0 radical (unpaired) electrons. The first kappa shape index (κ1) is 13.3. The maximum atomic E-state index is 12.6. The van der Waals surface area contributed by atoms with E-state index < -0.39 is 10.0 Å². The van der Waals surface area contributed by atoms with Gasteiger partial charge in [-0.25, -0.2) is 13.4 Å². The van der Waals surface area contributed by atoms with Crippen LogP contribution in [0.5, 0.6) is 0 Å². The van der Waals surface area contributed by atoms with Crippen molar-refractivity contribution in [3.8, 4) is 0 Å². The standard InChI is InChI=1S/C12H17N5O2S/c1-15-8-11(6-10(15)7-13)20(18,19)17-5-4-16-3-2-14-12(16)9-17/h2-3,6,8H,4-5,7,9,13H2,1H3. The van der Waals surface area contributed by atoms with Gasteiger partial charge in [-0.05, 0) is 6.07 Å². The lowest BCUT2D eigenvalue weighted by atomic mass is 10.4. The lowest BCUT2D eigenvalue weighted by Crippen LogP contribution is -2.38. The van der Waals surface area contributed by atoms with Crippen LogP contribution in [0.4, 0.5) is 0 Å². The Morgan fingerprint density at radius 2 is 2.20 bits per heavy atom. The number of fused-ring (bicyclic) bond motifs is 1. The first-order chi connectivity index (χ1) is 9.52.